The number of nitrogens with zero attached hydrogens (tertiary/aromatic N) is 1. The molecule has 36 heavy (non-hydrogen) atoms. The van der Waals surface area contributed by atoms with E-state index in [1.807, 2.05) is 73.7 Å². The number of carboxylic acid groups (broad SMARTS) is 1. The Hall–Kier alpha value is -3.38. The summed E-state index contributed by atoms with van der Waals surface area (Å²) in [6, 6.07) is 21.7. The predicted octanol–water partition coefficient (Wildman–Crippen LogP) is 6.68. The van der Waals surface area contributed by atoms with Gasteiger partial charge in [0.25, 0.3) is 5.91 Å². The van der Waals surface area contributed by atoms with E-state index in [0.29, 0.717) is 24.9 Å². The molecule has 5 nitrogen and oxygen atoms in total. The zero-order chi connectivity index (χ0) is 25.6. The van der Waals surface area contributed by atoms with Gasteiger partial charge in [-0.05, 0) is 86.2 Å². The van der Waals surface area contributed by atoms with E-state index in [4.69, 9.17) is 0 Å². The van der Waals surface area contributed by atoms with Crippen LogP contribution in [0.3, 0.4) is 0 Å². The molecule has 2 N–H and O–H groups in total. The van der Waals surface area contributed by atoms with Crippen molar-refractivity contribution in [2.24, 2.45) is 0 Å². The zero-order valence-corrected chi connectivity index (χ0v) is 22.2. The Balaban J connectivity index is 1.38. The van der Waals surface area contributed by atoms with E-state index in [-0.39, 0.29) is 11.9 Å². The van der Waals surface area contributed by atoms with Gasteiger partial charge in [0, 0.05) is 33.2 Å². The van der Waals surface area contributed by atoms with Crippen molar-refractivity contribution >= 4 is 38.7 Å². The monoisotopic (exact) mass is 544 g/mol. The quantitative estimate of drug-likeness (QED) is 0.272. The van der Waals surface area contributed by atoms with Gasteiger partial charge in [-0.25, -0.2) is 0 Å². The topological polar surface area (TPSA) is 71.3 Å². The van der Waals surface area contributed by atoms with Crippen molar-refractivity contribution in [2.45, 2.75) is 51.6 Å². The number of amides is 1. The normalized spacial score (nSPS) is 15.0. The number of aryl methyl sites for hydroxylation is 1. The molecule has 4 aromatic rings. The third kappa shape index (κ3) is 4.35. The molecular weight excluding hydrogens is 516 g/mol. The molecule has 0 bridgehead atoms. The third-order valence-electron chi connectivity index (χ3n) is 7.60. The van der Waals surface area contributed by atoms with Crippen LogP contribution in [0, 0.1) is 13.8 Å². The maximum atomic E-state index is 13.0. The van der Waals surface area contributed by atoms with Crippen molar-refractivity contribution in [1.29, 1.82) is 0 Å². The lowest BCUT2D eigenvalue weighted by Gasteiger charge is -2.15. The largest absolute Gasteiger partial charge is 0.481 e. The highest BCUT2D eigenvalue weighted by Gasteiger charge is 2.51. The summed E-state index contributed by atoms with van der Waals surface area (Å²) in [5.41, 5.74) is 6.38. The second-order valence-electron chi connectivity index (χ2n) is 9.86. The minimum absolute atomic E-state index is 0.0998. The second-order valence-corrected chi connectivity index (χ2v) is 10.8. The molecule has 0 saturated heterocycles. The summed E-state index contributed by atoms with van der Waals surface area (Å²) in [5.74, 6) is -0.832. The number of carbonyl (C=O) groups excluding carboxylic acids is 1. The van der Waals surface area contributed by atoms with Crippen molar-refractivity contribution < 1.29 is 14.7 Å². The summed E-state index contributed by atoms with van der Waals surface area (Å²) in [6.45, 7) is 6.86. The molecular formula is C30H29BrN2O3. The molecule has 0 radical (unpaired) electrons. The van der Waals surface area contributed by atoms with E-state index in [9.17, 15) is 14.7 Å². The van der Waals surface area contributed by atoms with Gasteiger partial charge in [0.05, 0.1) is 11.5 Å². The molecule has 5 rings (SSSR count). The number of nitrogens with one attached hydrogen (secondary N) is 1. The lowest BCUT2D eigenvalue weighted by molar-refractivity contribution is -0.140. The van der Waals surface area contributed by atoms with Gasteiger partial charge in [0.15, 0.2) is 0 Å². The third-order valence-corrected chi connectivity index (χ3v) is 8.10. The van der Waals surface area contributed by atoms with Gasteiger partial charge >= 0.3 is 5.97 Å². The van der Waals surface area contributed by atoms with Gasteiger partial charge in [0.2, 0.25) is 0 Å². The van der Waals surface area contributed by atoms with E-state index < -0.39 is 11.4 Å². The molecule has 3 aromatic carbocycles. The molecule has 1 amide bonds. The lowest BCUT2D eigenvalue weighted by Crippen LogP contribution is -2.26. The Morgan fingerprint density at radius 1 is 1.06 bits per heavy atom. The Kier molecular flexibility index (Phi) is 6.25. The minimum Gasteiger partial charge on any atom is -0.481 e. The van der Waals surface area contributed by atoms with Gasteiger partial charge < -0.3 is 15.0 Å². The summed E-state index contributed by atoms with van der Waals surface area (Å²) in [6.07, 6.45) is 1.42. The van der Waals surface area contributed by atoms with Crippen LogP contribution in [0.5, 0.6) is 0 Å². The Labute approximate surface area is 219 Å². The lowest BCUT2D eigenvalue weighted by atomic mass is 9.95. The standard InChI is InChI=1S/C30H29BrN2O3/c1-18-20(3)33(17-21-7-10-24(11-8-21)30(13-14-30)29(35)36)27-12-9-23(16-26(18)27)28(34)32-19(2)22-5-4-6-25(31)15-22/h4-12,15-16,19H,13-14,17H2,1-3H3,(H,32,34)(H,35,36). The van der Waals surface area contributed by atoms with Gasteiger partial charge in [-0.15, -0.1) is 0 Å². The fourth-order valence-corrected chi connectivity index (χ4v) is 5.41. The van der Waals surface area contributed by atoms with E-state index in [1.165, 1.54) is 0 Å². The molecule has 184 valence electrons. The maximum absolute atomic E-state index is 13.0. The average Bonchev–Trinajstić information content (AvgIpc) is 3.65. The first kappa shape index (κ1) is 24.3. The van der Waals surface area contributed by atoms with Crippen molar-refractivity contribution in [3.8, 4) is 0 Å². The van der Waals surface area contributed by atoms with Crippen molar-refractivity contribution in [3.05, 3.63) is 105 Å². The molecule has 0 aliphatic heterocycles. The molecule has 1 aliphatic rings. The number of carbonyl (C=O) groups is 2. The first-order valence-corrected chi connectivity index (χ1v) is 13.0. The van der Waals surface area contributed by atoms with Crippen LogP contribution in [0.25, 0.3) is 10.9 Å². The first-order chi connectivity index (χ1) is 17.2. The number of benzene rings is 3. The average molecular weight is 545 g/mol. The van der Waals surface area contributed by atoms with E-state index in [0.717, 1.165) is 43.3 Å². The van der Waals surface area contributed by atoms with E-state index in [1.54, 1.807) is 0 Å². The Morgan fingerprint density at radius 2 is 1.78 bits per heavy atom. The number of aliphatic carboxylic acids is 1. The molecule has 1 unspecified atom stereocenters. The van der Waals surface area contributed by atoms with Crippen LogP contribution in [0.15, 0.2) is 71.2 Å². The van der Waals surface area contributed by atoms with E-state index >= 15 is 0 Å². The number of fused-ring (bicyclic) bond motifs is 1. The van der Waals surface area contributed by atoms with Crippen LogP contribution in [0.4, 0.5) is 0 Å². The molecule has 1 saturated carbocycles. The Morgan fingerprint density at radius 3 is 2.42 bits per heavy atom. The Bertz CT molecular complexity index is 1480. The van der Waals surface area contributed by atoms with E-state index in [2.05, 4.69) is 39.7 Å². The van der Waals surface area contributed by atoms with Gasteiger partial charge in [0.1, 0.15) is 0 Å². The summed E-state index contributed by atoms with van der Waals surface area (Å²) in [4.78, 5) is 24.7. The van der Waals surface area contributed by atoms with Crippen LogP contribution >= 0.6 is 15.9 Å². The number of aromatic nitrogens is 1. The minimum atomic E-state index is -0.732. The highest BCUT2D eigenvalue weighted by molar-refractivity contribution is 9.10. The van der Waals surface area contributed by atoms with Gasteiger partial charge in [-0.1, -0.05) is 52.3 Å². The predicted molar refractivity (Wildman–Crippen MR) is 146 cm³/mol. The molecule has 1 aliphatic carbocycles. The number of carboxylic acids is 1. The smallest absolute Gasteiger partial charge is 0.314 e. The molecule has 1 heterocycles. The zero-order valence-electron chi connectivity index (χ0n) is 20.6. The summed E-state index contributed by atoms with van der Waals surface area (Å²) < 4.78 is 3.24. The number of rotatable bonds is 7. The van der Waals surface area contributed by atoms with Gasteiger partial charge in [-0.2, -0.15) is 0 Å². The molecule has 1 atom stereocenters. The number of hydrogen-bond acceptors (Lipinski definition) is 2. The first-order valence-electron chi connectivity index (χ1n) is 12.2. The van der Waals surface area contributed by atoms with Crippen molar-refractivity contribution in [2.75, 3.05) is 0 Å². The highest BCUT2D eigenvalue weighted by atomic mass is 79.9. The van der Waals surface area contributed by atoms with Crippen molar-refractivity contribution in [1.82, 2.24) is 9.88 Å². The summed E-state index contributed by atoms with van der Waals surface area (Å²) in [7, 11) is 0. The molecule has 1 fully saturated rings. The SMILES string of the molecule is Cc1c(C)n(Cc2ccc(C3(C(=O)O)CC3)cc2)c2ccc(C(=O)NC(C)c3cccc(Br)c3)cc12. The number of halogens is 1. The fourth-order valence-electron chi connectivity index (χ4n) is 5.00. The van der Waals surface area contributed by atoms with Crippen molar-refractivity contribution in [3.63, 3.8) is 0 Å². The van der Waals surface area contributed by atoms with Crippen LogP contribution in [0.1, 0.15) is 64.1 Å². The molecule has 0 spiro atoms. The fraction of sp³-hybridized carbons (Fsp3) is 0.267. The summed E-state index contributed by atoms with van der Waals surface area (Å²) >= 11 is 3.49. The highest BCUT2D eigenvalue weighted by Crippen LogP contribution is 2.48. The van der Waals surface area contributed by atoms with Crippen LogP contribution in [-0.2, 0) is 16.8 Å². The van der Waals surface area contributed by atoms with Crippen LogP contribution < -0.4 is 5.32 Å². The second kappa shape index (κ2) is 9.25. The molecule has 1 aromatic heterocycles. The van der Waals surface area contributed by atoms with Crippen LogP contribution in [-0.4, -0.2) is 21.6 Å². The van der Waals surface area contributed by atoms with Crippen LogP contribution in [0.2, 0.25) is 0 Å². The maximum Gasteiger partial charge on any atom is 0.314 e. The molecule has 6 heteroatoms. The number of hydrogen-bond donors (Lipinski definition) is 2. The summed E-state index contributed by atoms with van der Waals surface area (Å²) in [5, 5.41) is 13.7. The van der Waals surface area contributed by atoms with Gasteiger partial charge in [-0.3, -0.25) is 9.59 Å².